The molecule has 0 aromatic heterocycles. The van der Waals surface area contributed by atoms with Crippen LogP contribution in [0.4, 0.5) is 0 Å². The smallest absolute Gasteiger partial charge is 0.0269 e. The molecule has 0 spiro atoms. The molecule has 1 rings (SSSR count). The van der Waals surface area contributed by atoms with E-state index in [-0.39, 0.29) is 0 Å². The summed E-state index contributed by atoms with van der Waals surface area (Å²) in [5, 5.41) is 0. The zero-order valence-corrected chi connectivity index (χ0v) is 9.52. The number of hydrogen-bond acceptors (Lipinski definition) is 0. The number of hydrogen-bond donors (Lipinski definition) is 0. The van der Waals surface area contributed by atoms with Gasteiger partial charge < -0.3 is 0 Å². The van der Waals surface area contributed by atoms with Gasteiger partial charge in [-0.3, -0.25) is 0 Å². The van der Waals surface area contributed by atoms with Crippen molar-refractivity contribution in [3.05, 3.63) is 0 Å². The van der Waals surface area contributed by atoms with Gasteiger partial charge in [0.15, 0.2) is 0 Å². The molecule has 0 heteroatoms. The van der Waals surface area contributed by atoms with Crippen LogP contribution >= 0.6 is 0 Å². The molecule has 0 bridgehead atoms. The van der Waals surface area contributed by atoms with Gasteiger partial charge in [-0.25, -0.2) is 0 Å². The summed E-state index contributed by atoms with van der Waals surface area (Å²) in [6.07, 6.45) is 1.46. The van der Waals surface area contributed by atoms with Crippen LogP contribution in [0.3, 0.4) is 0 Å². The molecule has 0 amide bonds. The lowest BCUT2D eigenvalue weighted by Crippen LogP contribution is -2.15. The van der Waals surface area contributed by atoms with Gasteiger partial charge in [-0.05, 0) is 35.5 Å². The van der Waals surface area contributed by atoms with Gasteiger partial charge in [0.1, 0.15) is 0 Å². The second kappa shape index (κ2) is 3.05. The second-order valence-electron chi connectivity index (χ2n) is 5.57. The molecule has 1 saturated carbocycles. The molecular formula is C12H24. The van der Waals surface area contributed by atoms with E-state index < -0.39 is 0 Å². The van der Waals surface area contributed by atoms with E-state index in [0.717, 1.165) is 23.7 Å². The molecule has 72 valence electrons. The molecule has 1 aliphatic carbocycles. The molecule has 1 fully saturated rings. The Bertz CT molecular complexity index is 157. The minimum Gasteiger partial charge on any atom is -0.0625 e. The molecule has 0 N–H and O–H groups in total. The van der Waals surface area contributed by atoms with E-state index >= 15 is 0 Å². The molecular weight excluding hydrogens is 144 g/mol. The maximum Gasteiger partial charge on any atom is -0.0269 e. The number of rotatable bonds is 3. The first-order chi connectivity index (χ1) is 5.39. The van der Waals surface area contributed by atoms with Crippen molar-refractivity contribution in [2.24, 2.45) is 29.1 Å². The molecule has 0 nitrogen and oxygen atoms in total. The average molecular weight is 168 g/mol. The van der Waals surface area contributed by atoms with E-state index in [1.165, 1.54) is 6.42 Å². The molecule has 3 unspecified atom stereocenters. The summed E-state index contributed by atoms with van der Waals surface area (Å²) in [5.41, 5.74) is 0.670. The Kier molecular flexibility index (Phi) is 2.56. The lowest BCUT2D eigenvalue weighted by molar-refractivity contribution is 0.271. The zero-order valence-electron chi connectivity index (χ0n) is 9.52. The summed E-state index contributed by atoms with van der Waals surface area (Å²) >= 11 is 0. The highest BCUT2D eigenvalue weighted by Gasteiger charge is 2.54. The predicted octanol–water partition coefficient (Wildman–Crippen LogP) is 3.96. The first-order valence-electron chi connectivity index (χ1n) is 5.39. The van der Waals surface area contributed by atoms with Crippen LogP contribution in [0.5, 0.6) is 0 Å². The zero-order chi connectivity index (χ0) is 9.52. The SMILES string of the molecule is CC(C)C(C)C1CC1(C)C(C)C. The Balaban J connectivity index is 2.51. The fraction of sp³-hybridized carbons (Fsp3) is 1.00. The first-order valence-corrected chi connectivity index (χ1v) is 5.39. The first kappa shape index (κ1) is 10.1. The Morgan fingerprint density at radius 2 is 1.58 bits per heavy atom. The Morgan fingerprint density at radius 1 is 1.08 bits per heavy atom. The van der Waals surface area contributed by atoms with Crippen LogP contribution < -0.4 is 0 Å². The summed E-state index contributed by atoms with van der Waals surface area (Å²) in [6.45, 7) is 14.3. The van der Waals surface area contributed by atoms with E-state index in [1.807, 2.05) is 0 Å². The topological polar surface area (TPSA) is 0 Å². The van der Waals surface area contributed by atoms with E-state index in [0.29, 0.717) is 5.41 Å². The van der Waals surface area contributed by atoms with Gasteiger partial charge in [0.05, 0.1) is 0 Å². The Morgan fingerprint density at radius 3 is 1.83 bits per heavy atom. The van der Waals surface area contributed by atoms with Crippen molar-refractivity contribution in [1.29, 1.82) is 0 Å². The molecule has 3 atom stereocenters. The third-order valence-electron chi connectivity index (χ3n) is 4.35. The summed E-state index contributed by atoms with van der Waals surface area (Å²) in [4.78, 5) is 0. The van der Waals surface area contributed by atoms with Crippen molar-refractivity contribution in [2.75, 3.05) is 0 Å². The standard InChI is InChI=1S/C12H24/c1-8(2)10(5)11-7-12(11,6)9(3)4/h8-11H,7H2,1-6H3. The summed E-state index contributed by atoms with van der Waals surface area (Å²) in [7, 11) is 0. The van der Waals surface area contributed by atoms with Gasteiger partial charge >= 0.3 is 0 Å². The van der Waals surface area contributed by atoms with Crippen molar-refractivity contribution in [2.45, 2.75) is 48.0 Å². The Hall–Kier alpha value is 0. The van der Waals surface area contributed by atoms with Gasteiger partial charge in [0.2, 0.25) is 0 Å². The third-order valence-corrected chi connectivity index (χ3v) is 4.35. The van der Waals surface area contributed by atoms with Gasteiger partial charge in [-0.15, -0.1) is 0 Å². The van der Waals surface area contributed by atoms with Crippen LogP contribution in [0.25, 0.3) is 0 Å². The molecule has 0 saturated heterocycles. The van der Waals surface area contributed by atoms with Crippen molar-refractivity contribution in [1.82, 2.24) is 0 Å². The van der Waals surface area contributed by atoms with Crippen LogP contribution in [0.2, 0.25) is 0 Å². The molecule has 0 heterocycles. The Labute approximate surface area is 77.7 Å². The molecule has 0 radical (unpaired) electrons. The summed E-state index contributed by atoms with van der Waals surface area (Å²) < 4.78 is 0. The van der Waals surface area contributed by atoms with Crippen LogP contribution in [-0.4, -0.2) is 0 Å². The quantitative estimate of drug-likeness (QED) is 0.598. The monoisotopic (exact) mass is 168 g/mol. The fourth-order valence-corrected chi connectivity index (χ4v) is 2.33. The maximum absolute atomic E-state index is 2.46. The van der Waals surface area contributed by atoms with Gasteiger partial charge in [-0.2, -0.15) is 0 Å². The molecule has 12 heavy (non-hydrogen) atoms. The van der Waals surface area contributed by atoms with E-state index in [2.05, 4.69) is 41.5 Å². The van der Waals surface area contributed by atoms with E-state index in [1.54, 1.807) is 0 Å². The van der Waals surface area contributed by atoms with Crippen LogP contribution in [-0.2, 0) is 0 Å². The molecule has 1 aliphatic rings. The van der Waals surface area contributed by atoms with Crippen molar-refractivity contribution < 1.29 is 0 Å². The normalized spacial score (nSPS) is 37.5. The van der Waals surface area contributed by atoms with Crippen LogP contribution in [0, 0.1) is 29.1 Å². The third kappa shape index (κ3) is 1.53. The summed E-state index contributed by atoms with van der Waals surface area (Å²) in [6, 6.07) is 0. The highest BCUT2D eigenvalue weighted by atomic mass is 14.6. The minimum absolute atomic E-state index is 0.670. The van der Waals surface area contributed by atoms with Crippen LogP contribution in [0.15, 0.2) is 0 Å². The largest absolute Gasteiger partial charge is 0.0625 e. The van der Waals surface area contributed by atoms with Crippen molar-refractivity contribution in [3.8, 4) is 0 Å². The van der Waals surface area contributed by atoms with E-state index in [9.17, 15) is 0 Å². The highest BCUT2D eigenvalue weighted by Crippen LogP contribution is 2.61. The molecule has 0 aromatic carbocycles. The molecule has 0 aliphatic heterocycles. The van der Waals surface area contributed by atoms with Crippen molar-refractivity contribution in [3.63, 3.8) is 0 Å². The maximum atomic E-state index is 2.46. The molecule has 0 aromatic rings. The highest BCUT2D eigenvalue weighted by molar-refractivity contribution is 5.03. The van der Waals surface area contributed by atoms with Crippen molar-refractivity contribution >= 4 is 0 Å². The predicted molar refractivity (Wildman–Crippen MR) is 55.1 cm³/mol. The minimum atomic E-state index is 0.670. The van der Waals surface area contributed by atoms with Gasteiger partial charge in [0.25, 0.3) is 0 Å². The van der Waals surface area contributed by atoms with Gasteiger partial charge in [0, 0.05) is 0 Å². The van der Waals surface area contributed by atoms with Crippen LogP contribution in [0.1, 0.15) is 48.0 Å². The van der Waals surface area contributed by atoms with E-state index in [4.69, 9.17) is 0 Å². The lowest BCUT2D eigenvalue weighted by atomic mass is 9.84. The lowest BCUT2D eigenvalue weighted by Gasteiger charge is -2.22. The van der Waals surface area contributed by atoms with Gasteiger partial charge in [-0.1, -0.05) is 41.5 Å². The summed E-state index contributed by atoms with van der Waals surface area (Å²) in [5.74, 6) is 3.63. The average Bonchev–Trinajstić information content (AvgIpc) is 2.62. The second-order valence-corrected chi connectivity index (χ2v) is 5.57. The fourth-order valence-electron chi connectivity index (χ4n) is 2.33.